The molecule has 1 rings (SSSR count). The summed E-state index contributed by atoms with van der Waals surface area (Å²) in [5, 5.41) is 0. The zero-order valence-corrected chi connectivity index (χ0v) is 6.98. The monoisotopic (exact) mass is 164 g/mol. The van der Waals surface area contributed by atoms with Crippen LogP contribution >= 0.6 is 0 Å². The molecule has 0 unspecified atom stereocenters. The summed E-state index contributed by atoms with van der Waals surface area (Å²) in [6.45, 7) is 1.08. The largest absolute Gasteiger partial charge is 0.297 e. The minimum Gasteiger partial charge on any atom is -0.297 e. The van der Waals surface area contributed by atoms with E-state index in [-0.39, 0.29) is 13.0 Å². The van der Waals surface area contributed by atoms with E-state index in [9.17, 15) is 8.78 Å². The molecule has 0 aliphatic carbocycles. The molecular formula is C7H14F2N2. The maximum Gasteiger partial charge on any atom is 0.261 e. The third-order valence-electron chi connectivity index (χ3n) is 1.73. The highest BCUT2D eigenvalue weighted by atomic mass is 19.3. The smallest absolute Gasteiger partial charge is 0.261 e. The molecule has 2 nitrogen and oxygen atoms in total. The first kappa shape index (κ1) is 8.87. The van der Waals surface area contributed by atoms with E-state index in [0.717, 1.165) is 0 Å². The zero-order valence-electron chi connectivity index (χ0n) is 6.98. The number of nitrogens with zero attached hydrogens (tertiary/aromatic N) is 2. The second kappa shape index (κ2) is 3.03. The molecule has 0 N–H and O–H groups in total. The Kier molecular flexibility index (Phi) is 2.44. The highest BCUT2D eigenvalue weighted by Crippen LogP contribution is 2.26. The van der Waals surface area contributed by atoms with Crippen molar-refractivity contribution in [2.75, 3.05) is 33.9 Å². The van der Waals surface area contributed by atoms with Gasteiger partial charge < -0.3 is 0 Å². The normalized spacial score (nSPS) is 24.8. The summed E-state index contributed by atoms with van der Waals surface area (Å²) in [4.78, 5) is 3.67. The molecule has 66 valence electrons. The van der Waals surface area contributed by atoms with Gasteiger partial charge in [-0.25, -0.2) is 8.78 Å². The number of hydrogen-bond donors (Lipinski definition) is 0. The quantitative estimate of drug-likeness (QED) is 0.597. The molecule has 0 amide bonds. The molecule has 0 aromatic rings. The summed E-state index contributed by atoms with van der Waals surface area (Å²) in [5.74, 6) is -2.45. The van der Waals surface area contributed by atoms with Crippen LogP contribution in [0.3, 0.4) is 0 Å². The molecule has 1 fully saturated rings. The standard InChI is InChI=1S/C7H14F2N2/c1-10(2)6-11-4-3-7(8,9)5-11/h3-6H2,1-2H3. The number of alkyl halides is 2. The van der Waals surface area contributed by atoms with Crippen molar-refractivity contribution in [3.05, 3.63) is 0 Å². The molecule has 0 aromatic carbocycles. The van der Waals surface area contributed by atoms with Crippen LogP contribution < -0.4 is 0 Å². The topological polar surface area (TPSA) is 6.48 Å². The lowest BCUT2D eigenvalue weighted by atomic mass is 10.3. The van der Waals surface area contributed by atoms with E-state index in [0.29, 0.717) is 13.2 Å². The van der Waals surface area contributed by atoms with Crippen molar-refractivity contribution in [3.8, 4) is 0 Å². The lowest BCUT2D eigenvalue weighted by Gasteiger charge is -2.19. The van der Waals surface area contributed by atoms with E-state index in [1.54, 1.807) is 4.90 Å². The summed E-state index contributed by atoms with van der Waals surface area (Å²) < 4.78 is 25.2. The number of rotatable bonds is 2. The van der Waals surface area contributed by atoms with Gasteiger partial charge in [-0.1, -0.05) is 0 Å². The van der Waals surface area contributed by atoms with E-state index < -0.39 is 5.92 Å². The molecule has 4 heteroatoms. The number of likely N-dealkylation sites (tertiary alicyclic amines) is 1. The Morgan fingerprint density at radius 2 is 2.09 bits per heavy atom. The third kappa shape index (κ3) is 2.71. The van der Waals surface area contributed by atoms with Gasteiger partial charge in [0.1, 0.15) is 0 Å². The Morgan fingerprint density at radius 1 is 1.45 bits per heavy atom. The molecule has 0 radical (unpaired) electrons. The minimum atomic E-state index is -2.45. The van der Waals surface area contributed by atoms with Crippen molar-refractivity contribution in [3.63, 3.8) is 0 Å². The van der Waals surface area contributed by atoms with Crippen LogP contribution in [0.4, 0.5) is 8.78 Å². The summed E-state index contributed by atoms with van der Waals surface area (Å²) >= 11 is 0. The average Bonchev–Trinajstić information content (AvgIpc) is 2.08. The molecule has 11 heavy (non-hydrogen) atoms. The van der Waals surface area contributed by atoms with Crippen LogP contribution in [0.1, 0.15) is 6.42 Å². The lowest BCUT2D eigenvalue weighted by Crippen LogP contribution is -2.33. The Hall–Kier alpha value is -0.220. The molecule has 1 aliphatic rings. The molecule has 1 heterocycles. The molecular weight excluding hydrogens is 150 g/mol. The summed E-state index contributed by atoms with van der Waals surface area (Å²) in [5.41, 5.74) is 0. The van der Waals surface area contributed by atoms with Gasteiger partial charge in [-0.3, -0.25) is 9.80 Å². The Morgan fingerprint density at radius 3 is 2.45 bits per heavy atom. The van der Waals surface area contributed by atoms with Gasteiger partial charge in [-0.2, -0.15) is 0 Å². The van der Waals surface area contributed by atoms with Crippen LogP contribution in [0.15, 0.2) is 0 Å². The van der Waals surface area contributed by atoms with Gasteiger partial charge in [-0.05, 0) is 14.1 Å². The van der Waals surface area contributed by atoms with Crippen LogP contribution in [0.2, 0.25) is 0 Å². The number of halogens is 2. The molecule has 0 atom stereocenters. The highest BCUT2D eigenvalue weighted by Gasteiger charge is 2.37. The van der Waals surface area contributed by atoms with Crippen LogP contribution in [0.5, 0.6) is 0 Å². The summed E-state index contributed by atoms with van der Waals surface area (Å²) in [6.07, 6.45) is 0.0147. The third-order valence-corrected chi connectivity index (χ3v) is 1.73. The van der Waals surface area contributed by atoms with Crippen molar-refractivity contribution >= 4 is 0 Å². The lowest BCUT2D eigenvalue weighted by molar-refractivity contribution is 0.00827. The van der Waals surface area contributed by atoms with Gasteiger partial charge in [-0.15, -0.1) is 0 Å². The average molecular weight is 164 g/mol. The molecule has 0 spiro atoms. The predicted octanol–water partition coefficient (Wildman–Crippen LogP) is 0.846. The van der Waals surface area contributed by atoms with Gasteiger partial charge in [0, 0.05) is 13.0 Å². The van der Waals surface area contributed by atoms with Crippen LogP contribution in [-0.2, 0) is 0 Å². The number of hydrogen-bond acceptors (Lipinski definition) is 2. The van der Waals surface area contributed by atoms with Gasteiger partial charge in [0.05, 0.1) is 13.2 Å². The molecule has 1 saturated heterocycles. The van der Waals surface area contributed by atoms with Crippen molar-refractivity contribution in [1.82, 2.24) is 9.80 Å². The first-order valence-electron chi connectivity index (χ1n) is 3.74. The van der Waals surface area contributed by atoms with E-state index in [1.165, 1.54) is 0 Å². The van der Waals surface area contributed by atoms with E-state index >= 15 is 0 Å². The fourth-order valence-electron chi connectivity index (χ4n) is 1.33. The summed E-state index contributed by atoms with van der Waals surface area (Å²) in [6, 6.07) is 0. The Balaban J connectivity index is 2.31. The molecule has 0 saturated carbocycles. The van der Waals surface area contributed by atoms with E-state index in [2.05, 4.69) is 0 Å². The maximum atomic E-state index is 12.6. The van der Waals surface area contributed by atoms with Crippen molar-refractivity contribution in [1.29, 1.82) is 0 Å². The van der Waals surface area contributed by atoms with Crippen molar-refractivity contribution < 1.29 is 8.78 Å². The molecule has 0 aromatic heterocycles. The fraction of sp³-hybridized carbons (Fsp3) is 1.00. The van der Waals surface area contributed by atoms with Crippen molar-refractivity contribution in [2.24, 2.45) is 0 Å². The fourth-order valence-corrected chi connectivity index (χ4v) is 1.33. The highest BCUT2D eigenvalue weighted by molar-refractivity contribution is 4.80. The zero-order chi connectivity index (χ0) is 8.48. The predicted molar refractivity (Wildman–Crippen MR) is 39.7 cm³/mol. The van der Waals surface area contributed by atoms with Gasteiger partial charge in [0.15, 0.2) is 0 Å². The van der Waals surface area contributed by atoms with Crippen molar-refractivity contribution in [2.45, 2.75) is 12.3 Å². The Bertz CT molecular complexity index is 136. The summed E-state index contributed by atoms with van der Waals surface area (Å²) in [7, 11) is 3.77. The van der Waals surface area contributed by atoms with E-state index in [1.807, 2.05) is 19.0 Å². The second-order valence-electron chi connectivity index (χ2n) is 3.38. The van der Waals surface area contributed by atoms with Crippen LogP contribution in [-0.4, -0.2) is 49.6 Å². The SMILES string of the molecule is CN(C)CN1CCC(F)(F)C1. The Labute approximate surface area is 65.8 Å². The maximum absolute atomic E-state index is 12.6. The molecule has 0 bridgehead atoms. The first-order valence-corrected chi connectivity index (χ1v) is 3.74. The molecule has 1 aliphatic heterocycles. The van der Waals surface area contributed by atoms with Gasteiger partial charge in [0.25, 0.3) is 5.92 Å². The second-order valence-corrected chi connectivity index (χ2v) is 3.38. The van der Waals surface area contributed by atoms with Crippen LogP contribution in [0.25, 0.3) is 0 Å². The minimum absolute atomic E-state index is 0.0147. The first-order chi connectivity index (χ1) is 4.99. The van der Waals surface area contributed by atoms with E-state index in [4.69, 9.17) is 0 Å². The van der Waals surface area contributed by atoms with Gasteiger partial charge >= 0.3 is 0 Å². The van der Waals surface area contributed by atoms with Gasteiger partial charge in [0.2, 0.25) is 0 Å². The van der Waals surface area contributed by atoms with Crippen LogP contribution in [0, 0.1) is 0 Å².